The highest BCUT2D eigenvalue weighted by molar-refractivity contribution is 4.96. The zero-order valence-corrected chi connectivity index (χ0v) is 15.0. The van der Waals surface area contributed by atoms with E-state index >= 15 is 0 Å². The number of rotatable bonds is 18. The minimum absolute atomic E-state index is 0.522. The second-order valence-corrected chi connectivity index (χ2v) is 7.04. The van der Waals surface area contributed by atoms with Crippen molar-refractivity contribution < 1.29 is 4.74 Å². The lowest BCUT2D eigenvalue weighted by molar-refractivity contribution is 0.122. The van der Waals surface area contributed by atoms with Gasteiger partial charge in [0.05, 0.1) is 6.10 Å². The van der Waals surface area contributed by atoms with E-state index in [1.54, 1.807) is 0 Å². The maximum absolute atomic E-state index is 5.61. The zero-order valence-electron chi connectivity index (χ0n) is 15.0. The highest BCUT2D eigenvalue weighted by Crippen LogP contribution is 2.22. The summed E-state index contributed by atoms with van der Waals surface area (Å²) in [5, 5.41) is 0. The van der Waals surface area contributed by atoms with Gasteiger partial charge >= 0.3 is 0 Å². The van der Waals surface area contributed by atoms with Crippen molar-refractivity contribution >= 4 is 0 Å². The predicted octanol–water partition coefficient (Wildman–Crippen LogP) is 7.06. The van der Waals surface area contributed by atoms with Gasteiger partial charge in [0, 0.05) is 6.61 Å². The van der Waals surface area contributed by atoms with Gasteiger partial charge in [0.2, 0.25) is 0 Å². The molecule has 1 rings (SSSR count). The van der Waals surface area contributed by atoms with Gasteiger partial charge < -0.3 is 4.74 Å². The van der Waals surface area contributed by atoms with E-state index in [-0.39, 0.29) is 0 Å². The fourth-order valence-electron chi connectivity index (χ4n) is 3.00. The number of hydrogen-bond donors (Lipinski definition) is 0. The number of unbranched alkanes of at least 4 members (excludes halogenated alkanes) is 15. The van der Waals surface area contributed by atoms with Gasteiger partial charge in [-0.1, -0.05) is 103 Å². The van der Waals surface area contributed by atoms with Gasteiger partial charge in [-0.25, -0.2) is 0 Å². The first-order valence-corrected chi connectivity index (χ1v) is 10.2. The summed E-state index contributed by atoms with van der Waals surface area (Å²) in [4.78, 5) is 0. The summed E-state index contributed by atoms with van der Waals surface area (Å²) < 4.78 is 5.61. The van der Waals surface area contributed by atoms with Crippen LogP contribution < -0.4 is 0 Å². The molecule has 0 aromatic heterocycles. The molecule has 0 spiro atoms. The molecule has 2 radical (unpaired) electrons. The van der Waals surface area contributed by atoms with Crippen LogP contribution in [-0.2, 0) is 4.74 Å². The Morgan fingerprint density at radius 2 is 1.00 bits per heavy atom. The van der Waals surface area contributed by atoms with Gasteiger partial charge in [-0.05, 0) is 19.3 Å². The third-order valence-corrected chi connectivity index (χ3v) is 4.65. The van der Waals surface area contributed by atoms with Crippen molar-refractivity contribution in [3.8, 4) is 0 Å². The number of hydrogen-bond acceptors (Lipinski definition) is 1. The van der Waals surface area contributed by atoms with Crippen LogP contribution in [-0.4, -0.2) is 12.7 Å². The van der Waals surface area contributed by atoms with Gasteiger partial charge in [-0.2, -0.15) is 0 Å². The summed E-state index contributed by atoms with van der Waals surface area (Å²) in [6.45, 7) is 4.88. The molecule has 0 aromatic rings. The van der Waals surface area contributed by atoms with Crippen LogP contribution in [0.5, 0.6) is 0 Å². The molecule has 0 aromatic carbocycles. The lowest BCUT2D eigenvalue weighted by atomic mass is 10.0. The van der Waals surface area contributed by atoms with Crippen molar-refractivity contribution in [2.45, 2.75) is 115 Å². The molecule has 1 fully saturated rings. The number of ether oxygens (including phenoxy) is 1. The summed E-state index contributed by atoms with van der Waals surface area (Å²) in [5.41, 5.74) is 0. The highest BCUT2D eigenvalue weighted by atomic mass is 16.5. The Balaban J connectivity index is 1.59. The van der Waals surface area contributed by atoms with Crippen molar-refractivity contribution in [2.75, 3.05) is 6.61 Å². The molecule has 0 amide bonds. The summed E-state index contributed by atoms with van der Waals surface area (Å²) in [6.07, 6.45) is 26.3. The van der Waals surface area contributed by atoms with E-state index in [1.807, 2.05) is 0 Å². The minimum Gasteiger partial charge on any atom is -0.378 e. The molecular formula is C21H40O. The van der Waals surface area contributed by atoms with Crippen LogP contribution >= 0.6 is 0 Å². The Kier molecular flexibility index (Phi) is 14.4. The molecule has 0 bridgehead atoms. The Morgan fingerprint density at radius 1 is 0.636 bits per heavy atom. The van der Waals surface area contributed by atoms with E-state index in [2.05, 4.69) is 13.3 Å². The van der Waals surface area contributed by atoms with E-state index in [9.17, 15) is 0 Å². The monoisotopic (exact) mass is 308 g/mol. The fraction of sp³-hybridized carbons (Fsp3) is 0.905. The molecule has 1 unspecified atom stereocenters. The van der Waals surface area contributed by atoms with E-state index in [0.29, 0.717) is 6.10 Å². The molecule has 1 aliphatic carbocycles. The Morgan fingerprint density at radius 3 is 1.36 bits per heavy atom. The first-order chi connectivity index (χ1) is 10.9. The minimum atomic E-state index is 0.522. The molecule has 1 atom stereocenters. The van der Waals surface area contributed by atoms with E-state index < -0.39 is 0 Å². The van der Waals surface area contributed by atoms with Crippen molar-refractivity contribution in [1.29, 1.82) is 0 Å². The van der Waals surface area contributed by atoms with E-state index in [4.69, 9.17) is 4.74 Å². The summed E-state index contributed by atoms with van der Waals surface area (Å²) in [6, 6.07) is 0. The van der Waals surface area contributed by atoms with Crippen molar-refractivity contribution in [1.82, 2.24) is 0 Å². The molecule has 130 valence electrons. The fourth-order valence-corrected chi connectivity index (χ4v) is 3.00. The normalized spacial score (nSPS) is 14.6. The van der Waals surface area contributed by atoms with Gasteiger partial charge in [-0.3, -0.25) is 0 Å². The topological polar surface area (TPSA) is 9.23 Å². The van der Waals surface area contributed by atoms with Crippen LogP contribution in [0, 0.1) is 13.3 Å². The molecule has 1 aliphatic rings. The van der Waals surface area contributed by atoms with E-state index in [1.165, 1.54) is 103 Å². The summed E-state index contributed by atoms with van der Waals surface area (Å²) in [7, 11) is 0. The third-order valence-electron chi connectivity index (χ3n) is 4.65. The first kappa shape index (κ1) is 20.0. The molecule has 0 heterocycles. The average molecular weight is 309 g/mol. The maximum atomic E-state index is 5.61. The molecule has 0 saturated heterocycles. The summed E-state index contributed by atoms with van der Waals surface area (Å²) >= 11 is 0. The largest absolute Gasteiger partial charge is 0.378 e. The smallest absolute Gasteiger partial charge is 0.0611 e. The molecule has 1 saturated carbocycles. The van der Waals surface area contributed by atoms with Crippen LogP contribution in [0.15, 0.2) is 0 Å². The van der Waals surface area contributed by atoms with Crippen LogP contribution in [0.2, 0.25) is 0 Å². The highest BCUT2D eigenvalue weighted by Gasteiger charge is 2.21. The SMILES string of the molecule is [CH2]CCCCCCCCCCCCCCCCCOC1[CH]C1. The molecule has 1 nitrogen and oxygen atoms in total. The van der Waals surface area contributed by atoms with Gasteiger partial charge in [0.15, 0.2) is 0 Å². The van der Waals surface area contributed by atoms with Crippen LogP contribution in [0.3, 0.4) is 0 Å². The molecule has 22 heavy (non-hydrogen) atoms. The average Bonchev–Trinajstić information content (AvgIpc) is 3.34. The van der Waals surface area contributed by atoms with Gasteiger partial charge in [0.25, 0.3) is 0 Å². The van der Waals surface area contributed by atoms with Gasteiger partial charge in [0.1, 0.15) is 0 Å². The van der Waals surface area contributed by atoms with Crippen molar-refractivity contribution in [3.05, 3.63) is 13.3 Å². The second-order valence-electron chi connectivity index (χ2n) is 7.04. The zero-order chi connectivity index (χ0) is 15.7. The molecule has 0 aliphatic heterocycles. The lowest BCUT2D eigenvalue weighted by Crippen LogP contribution is -1.96. The molecular weight excluding hydrogens is 268 g/mol. The van der Waals surface area contributed by atoms with Gasteiger partial charge in [-0.15, -0.1) is 0 Å². The molecule has 1 heteroatoms. The summed E-state index contributed by atoms with van der Waals surface area (Å²) in [5.74, 6) is 0. The Hall–Kier alpha value is -0.0400. The standard InChI is InChI=1S/C21H40O/c1-2-3-4-5-6-7-8-9-10-11-12-13-14-15-16-17-20-22-21-18-19-21/h18,21H,1-17,19-20H2. The molecule has 0 N–H and O–H groups in total. The van der Waals surface area contributed by atoms with Crippen molar-refractivity contribution in [2.24, 2.45) is 0 Å². The van der Waals surface area contributed by atoms with Crippen molar-refractivity contribution in [3.63, 3.8) is 0 Å². The predicted molar refractivity (Wildman–Crippen MR) is 97.9 cm³/mol. The Labute approximate surface area is 140 Å². The quantitative estimate of drug-likeness (QED) is 0.246. The van der Waals surface area contributed by atoms with Crippen LogP contribution in [0.25, 0.3) is 0 Å². The Bertz CT molecular complexity index is 210. The van der Waals surface area contributed by atoms with Crippen LogP contribution in [0.4, 0.5) is 0 Å². The van der Waals surface area contributed by atoms with E-state index in [0.717, 1.165) is 13.0 Å². The maximum Gasteiger partial charge on any atom is 0.0611 e. The first-order valence-electron chi connectivity index (χ1n) is 10.2. The third kappa shape index (κ3) is 14.9. The lowest BCUT2D eigenvalue weighted by Gasteiger charge is -2.04. The van der Waals surface area contributed by atoms with Crippen LogP contribution in [0.1, 0.15) is 109 Å². The second kappa shape index (κ2) is 15.8.